The van der Waals surface area contributed by atoms with Gasteiger partial charge in [-0.25, -0.2) is 0 Å². The molecule has 1 heterocycles. The van der Waals surface area contributed by atoms with Crippen molar-refractivity contribution >= 4 is 46.0 Å². The third kappa shape index (κ3) is 4.16. The number of hydrogen-bond donors (Lipinski definition) is 2. The summed E-state index contributed by atoms with van der Waals surface area (Å²) in [5.74, 6) is -0.0254. The average molecular weight is 418 g/mol. The molecule has 0 bridgehead atoms. The maximum absolute atomic E-state index is 12.0. The summed E-state index contributed by atoms with van der Waals surface area (Å²) in [6.07, 6.45) is 1.47. The molecule has 7 heteroatoms. The quantitative estimate of drug-likeness (QED) is 0.378. The highest BCUT2D eigenvalue weighted by Gasteiger charge is 2.25. The van der Waals surface area contributed by atoms with E-state index in [9.17, 15) is 9.59 Å². The third-order valence-corrected chi connectivity index (χ3v) is 4.85. The Balaban J connectivity index is 1.53. The Bertz CT molecular complexity index is 1180. The summed E-state index contributed by atoms with van der Waals surface area (Å²) in [5, 5.41) is 7.14. The molecule has 0 radical (unpaired) electrons. The monoisotopic (exact) mass is 418 g/mol. The standard InChI is InChI=1S/C23H18N2O4S/c1-28-20-12-14(11-18-21(26)24-23(30)25-22(18)27)7-9-19(20)29-13-15-6-8-16-4-2-3-5-17(16)10-15/h2-12H,13H2,1H3,(H2,24,25,26,27,30). The minimum absolute atomic E-state index is 0.00262. The molecule has 30 heavy (non-hydrogen) atoms. The molecule has 1 fully saturated rings. The smallest absolute Gasteiger partial charge is 0.263 e. The van der Waals surface area contributed by atoms with Crippen molar-refractivity contribution in [1.82, 2.24) is 10.6 Å². The molecule has 1 saturated heterocycles. The van der Waals surface area contributed by atoms with Crippen LogP contribution < -0.4 is 20.1 Å². The molecule has 6 nitrogen and oxygen atoms in total. The highest BCUT2D eigenvalue weighted by atomic mass is 32.1. The molecule has 0 spiro atoms. The van der Waals surface area contributed by atoms with E-state index in [-0.39, 0.29) is 10.7 Å². The van der Waals surface area contributed by atoms with Crippen molar-refractivity contribution in [3.63, 3.8) is 0 Å². The van der Waals surface area contributed by atoms with E-state index >= 15 is 0 Å². The summed E-state index contributed by atoms with van der Waals surface area (Å²) >= 11 is 4.80. The largest absolute Gasteiger partial charge is 0.493 e. The van der Waals surface area contributed by atoms with Gasteiger partial charge in [0.15, 0.2) is 16.6 Å². The van der Waals surface area contributed by atoms with Gasteiger partial charge in [-0.3, -0.25) is 20.2 Å². The SMILES string of the molecule is COc1cc(C=C2C(=O)NC(=S)NC2=O)ccc1OCc1ccc2ccccc2c1. The van der Waals surface area contributed by atoms with Gasteiger partial charge in [0.2, 0.25) is 0 Å². The molecule has 3 aromatic carbocycles. The molecule has 0 atom stereocenters. The molecular formula is C23H18N2O4S. The van der Waals surface area contributed by atoms with Crippen molar-refractivity contribution in [1.29, 1.82) is 0 Å². The van der Waals surface area contributed by atoms with Gasteiger partial charge in [-0.2, -0.15) is 0 Å². The van der Waals surface area contributed by atoms with E-state index in [2.05, 4.69) is 34.9 Å². The molecule has 0 aliphatic carbocycles. The van der Waals surface area contributed by atoms with Gasteiger partial charge in [0.05, 0.1) is 7.11 Å². The van der Waals surface area contributed by atoms with Gasteiger partial charge in [-0.1, -0.05) is 42.5 Å². The second-order valence-corrected chi connectivity index (χ2v) is 7.08. The van der Waals surface area contributed by atoms with E-state index in [1.807, 2.05) is 18.2 Å². The fraction of sp³-hybridized carbons (Fsp3) is 0.0870. The number of rotatable bonds is 5. The maximum Gasteiger partial charge on any atom is 0.263 e. The van der Waals surface area contributed by atoms with E-state index in [1.54, 1.807) is 18.2 Å². The van der Waals surface area contributed by atoms with Crippen LogP contribution in [0.3, 0.4) is 0 Å². The average Bonchev–Trinajstić information content (AvgIpc) is 2.75. The number of benzene rings is 3. The Morgan fingerprint density at radius 3 is 2.37 bits per heavy atom. The summed E-state index contributed by atoms with van der Waals surface area (Å²) in [7, 11) is 1.54. The molecular weight excluding hydrogens is 400 g/mol. The van der Waals surface area contributed by atoms with Crippen LogP contribution in [-0.4, -0.2) is 24.0 Å². The van der Waals surface area contributed by atoms with Crippen LogP contribution in [-0.2, 0) is 16.2 Å². The number of thiocarbonyl (C=S) groups is 1. The first-order valence-electron chi connectivity index (χ1n) is 9.20. The Morgan fingerprint density at radius 2 is 1.63 bits per heavy atom. The van der Waals surface area contributed by atoms with Gasteiger partial charge < -0.3 is 9.47 Å². The number of hydrogen-bond acceptors (Lipinski definition) is 5. The van der Waals surface area contributed by atoms with E-state index in [1.165, 1.54) is 18.6 Å². The number of amides is 2. The summed E-state index contributed by atoms with van der Waals surface area (Å²) in [4.78, 5) is 24.0. The Morgan fingerprint density at radius 1 is 0.900 bits per heavy atom. The van der Waals surface area contributed by atoms with Crippen LogP contribution in [0.1, 0.15) is 11.1 Å². The van der Waals surface area contributed by atoms with Gasteiger partial charge in [0.1, 0.15) is 12.2 Å². The van der Waals surface area contributed by atoms with Crippen LogP contribution >= 0.6 is 12.2 Å². The molecule has 1 aliphatic rings. The topological polar surface area (TPSA) is 76.7 Å². The normalized spacial score (nSPS) is 13.6. The van der Waals surface area contributed by atoms with Crippen LogP contribution in [0.15, 0.2) is 66.2 Å². The van der Waals surface area contributed by atoms with E-state index in [0.717, 1.165) is 10.9 Å². The van der Waals surface area contributed by atoms with E-state index in [0.29, 0.717) is 23.7 Å². The fourth-order valence-electron chi connectivity index (χ4n) is 3.16. The Kier molecular flexibility index (Phi) is 5.45. The number of nitrogens with one attached hydrogen (secondary N) is 2. The summed E-state index contributed by atoms with van der Waals surface area (Å²) in [5.41, 5.74) is 1.63. The predicted octanol–water partition coefficient (Wildman–Crippen LogP) is 3.34. The van der Waals surface area contributed by atoms with Crippen molar-refractivity contribution in [3.8, 4) is 11.5 Å². The molecule has 2 amide bonds. The molecule has 1 aliphatic heterocycles. The lowest BCUT2D eigenvalue weighted by Crippen LogP contribution is -2.51. The third-order valence-electron chi connectivity index (χ3n) is 4.65. The minimum atomic E-state index is -0.542. The Labute approximate surface area is 178 Å². The van der Waals surface area contributed by atoms with Crippen LogP contribution in [0.5, 0.6) is 11.5 Å². The van der Waals surface area contributed by atoms with Gasteiger partial charge in [0.25, 0.3) is 11.8 Å². The molecule has 0 unspecified atom stereocenters. The first kappa shape index (κ1) is 19.6. The second-order valence-electron chi connectivity index (χ2n) is 6.68. The molecule has 0 saturated carbocycles. The molecule has 3 aromatic rings. The number of carbonyl (C=O) groups is 2. The number of ether oxygens (including phenoxy) is 2. The molecule has 150 valence electrons. The summed E-state index contributed by atoms with van der Waals surface area (Å²) < 4.78 is 11.4. The van der Waals surface area contributed by atoms with Crippen LogP contribution in [0.25, 0.3) is 16.8 Å². The lowest BCUT2D eigenvalue weighted by Gasteiger charge is -2.16. The zero-order chi connectivity index (χ0) is 21.1. The fourth-order valence-corrected chi connectivity index (χ4v) is 3.34. The first-order chi connectivity index (χ1) is 14.5. The van der Waals surface area contributed by atoms with Crippen molar-refractivity contribution in [2.45, 2.75) is 6.61 Å². The van der Waals surface area contributed by atoms with E-state index in [4.69, 9.17) is 21.7 Å². The zero-order valence-electron chi connectivity index (χ0n) is 16.1. The lowest BCUT2D eigenvalue weighted by molar-refractivity contribution is -0.123. The molecule has 2 N–H and O–H groups in total. The minimum Gasteiger partial charge on any atom is -0.493 e. The van der Waals surface area contributed by atoms with Crippen LogP contribution in [0.4, 0.5) is 0 Å². The Hall–Kier alpha value is -3.71. The summed E-state index contributed by atoms with van der Waals surface area (Å²) in [6, 6.07) is 19.5. The number of methoxy groups -OCH3 is 1. The highest BCUT2D eigenvalue weighted by Crippen LogP contribution is 2.30. The second kappa shape index (κ2) is 8.34. The maximum atomic E-state index is 12.0. The summed E-state index contributed by atoms with van der Waals surface area (Å²) in [6.45, 7) is 0.379. The van der Waals surface area contributed by atoms with Crippen molar-refractivity contribution in [2.24, 2.45) is 0 Å². The van der Waals surface area contributed by atoms with Gasteiger partial charge in [-0.05, 0) is 58.4 Å². The molecule has 4 rings (SSSR count). The molecule has 0 aromatic heterocycles. The van der Waals surface area contributed by atoms with Gasteiger partial charge in [-0.15, -0.1) is 0 Å². The number of carbonyl (C=O) groups excluding carboxylic acids is 2. The first-order valence-corrected chi connectivity index (χ1v) is 9.61. The van der Waals surface area contributed by atoms with Crippen molar-refractivity contribution < 1.29 is 19.1 Å². The van der Waals surface area contributed by atoms with Crippen LogP contribution in [0.2, 0.25) is 0 Å². The van der Waals surface area contributed by atoms with Gasteiger partial charge in [0, 0.05) is 0 Å². The van der Waals surface area contributed by atoms with Gasteiger partial charge >= 0.3 is 0 Å². The predicted molar refractivity (Wildman–Crippen MR) is 118 cm³/mol. The highest BCUT2D eigenvalue weighted by molar-refractivity contribution is 7.80. The zero-order valence-corrected chi connectivity index (χ0v) is 16.9. The van der Waals surface area contributed by atoms with Crippen molar-refractivity contribution in [3.05, 3.63) is 77.4 Å². The lowest BCUT2D eigenvalue weighted by atomic mass is 10.1. The van der Waals surface area contributed by atoms with Crippen LogP contribution in [0, 0.1) is 0 Å². The number of fused-ring (bicyclic) bond motifs is 1. The van der Waals surface area contributed by atoms with E-state index < -0.39 is 11.8 Å². The van der Waals surface area contributed by atoms with Crippen molar-refractivity contribution in [2.75, 3.05) is 7.11 Å².